The standard InChI is InChI=1S/C18H17ClF3N5/c1-23-17(18(20,21)22)11-4-6-12(7-5-11)26-8-2-3-13-14(26)10-24-16-9-15(19)25-27(13)16/h4-7,9-10,17,23H,2-3,8H2,1H3/t17-/m1/s1. The number of hydrogen-bond donors (Lipinski definition) is 1. The number of anilines is 2. The summed E-state index contributed by atoms with van der Waals surface area (Å²) in [6, 6.07) is 6.45. The number of benzene rings is 1. The molecule has 0 spiro atoms. The molecule has 1 atom stereocenters. The number of hydrogen-bond acceptors (Lipinski definition) is 4. The fourth-order valence-corrected chi connectivity index (χ4v) is 3.74. The largest absolute Gasteiger partial charge is 0.407 e. The highest BCUT2D eigenvalue weighted by Gasteiger charge is 2.39. The first kappa shape index (κ1) is 18.1. The SMILES string of the molecule is CN[C@H](c1ccc(N2CCCc3c2cnc2cc(Cl)nn32)cc1)C(F)(F)F. The first-order valence-electron chi connectivity index (χ1n) is 8.53. The van der Waals surface area contributed by atoms with Gasteiger partial charge in [0.05, 0.1) is 17.6 Å². The second-order valence-corrected chi connectivity index (χ2v) is 6.82. The number of halogens is 4. The number of nitrogens with zero attached hydrogens (tertiary/aromatic N) is 4. The lowest BCUT2D eigenvalue weighted by molar-refractivity contribution is -0.156. The Morgan fingerprint density at radius 3 is 2.63 bits per heavy atom. The summed E-state index contributed by atoms with van der Waals surface area (Å²) in [5, 5.41) is 6.99. The van der Waals surface area contributed by atoms with Gasteiger partial charge in [-0.3, -0.25) is 0 Å². The Labute approximate surface area is 158 Å². The van der Waals surface area contributed by atoms with Gasteiger partial charge in [0, 0.05) is 18.3 Å². The van der Waals surface area contributed by atoms with Crippen LogP contribution in [-0.4, -0.2) is 34.4 Å². The van der Waals surface area contributed by atoms with Gasteiger partial charge in [-0.25, -0.2) is 9.50 Å². The Hall–Kier alpha value is -2.32. The van der Waals surface area contributed by atoms with Crippen molar-refractivity contribution in [3.63, 3.8) is 0 Å². The molecule has 0 radical (unpaired) electrons. The molecule has 2 aromatic heterocycles. The zero-order valence-corrected chi connectivity index (χ0v) is 15.2. The maximum Gasteiger partial charge on any atom is 0.407 e. The van der Waals surface area contributed by atoms with Crippen molar-refractivity contribution in [2.24, 2.45) is 0 Å². The van der Waals surface area contributed by atoms with E-state index in [1.807, 2.05) is 4.90 Å². The maximum absolute atomic E-state index is 13.1. The molecule has 5 nitrogen and oxygen atoms in total. The minimum absolute atomic E-state index is 0.179. The monoisotopic (exact) mass is 395 g/mol. The Morgan fingerprint density at radius 2 is 1.96 bits per heavy atom. The summed E-state index contributed by atoms with van der Waals surface area (Å²) in [6.07, 6.45) is -0.853. The molecule has 1 aliphatic heterocycles. The second kappa shape index (κ2) is 6.69. The van der Waals surface area contributed by atoms with E-state index in [2.05, 4.69) is 15.4 Å². The summed E-state index contributed by atoms with van der Waals surface area (Å²) in [7, 11) is 1.30. The molecule has 3 aromatic rings. The van der Waals surface area contributed by atoms with Gasteiger partial charge in [-0.1, -0.05) is 23.7 Å². The molecule has 142 valence electrons. The summed E-state index contributed by atoms with van der Waals surface area (Å²) in [5.41, 5.74) is 3.56. The van der Waals surface area contributed by atoms with Crippen molar-refractivity contribution in [3.05, 3.63) is 52.9 Å². The van der Waals surface area contributed by atoms with Gasteiger partial charge in [0.1, 0.15) is 6.04 Å². The molecule has 1 N–H and O–H groups in total. The van der Waals surface area contributed by atoms with Crippen LogP contribution in [0.3, 0.4) is 0 Å². The molecule has 27 heavy (non-hydrogen) atoms. The van der Waals surface area contributed by atoms with Crippen LogP contribution in [0.4, 0.5) is 24.5 Å². The van der Waals surface area contributed by atoms with Gasteiger partial charge in [-0.05, 0) is 37.6 Å². The van der Waals surface area contributed by atoms with E-state index in [1.54, 1.807) is 28.9 Å². The molecule has 0 unspecified atom stereocenters. The van der Waals surface area contributed by atoms with Crippen molar-refractivity contribution in [2.45, 2.75) is 25.1 Å². The number of alkyl halides is 3. The molecule has 1 aliphatic rings. The van der Waals surface area contributed by atoms with Gasteiger partial charge in [-0.2, -0.15) is 18.3 Å². The third kappa shape index (κ3) is 3.23. The van der Waals surface area contributed by atoms with E-state index in [0.29, 0.717) is 10.8 Å². The molecule has 9 heteroatoms. The molecular formula is C18H17ClF3N5. The van der Waals surface area contributed by atoms with E-state index in [9.17, 15) is 13.2 Å². The second-order valence-electron chi connectivity index (χ2n) is 6.44. The van der Waals surface area contributed by atoms with E-state index in [1.165, 1.54) is 19.2 Å². The topological polar surface area (TPSA) is 45.5 Å². The van der Waals surface area contributed by atoms with Gasteiger partial charge >= 0.3 is 6.18 Å². The number of aromatic nitrogens is 3. The predicted molar refractivity (Wildman–Crippen MR) is 97.6 cm³/mol. The van der Waals surface area contributed by atoms with Crippen LogP contribution in [0, 0.1) is 0 Å². The summed E-state index contributed by atoms with van der Waals surface area (Å²) in [5.74, 6) is 0. The lowest BCUT2D eigenvalue weighted by Gasteiger charge is -2.31. The molecule has 3 heterocycles. The van der Waals surface area contributed by atoms with Gasteiger partial charge in [0.2, 0.25) is 0 Å². The van der Waals surface area contributed by atoms with E-state index >= 15 is 0 Å². The zero-order valence-electron chi connectivity index (χ0n) is 14.5. The van der Waals surface area contributed by atoms with Crippen LogP contribution in [0.15, 0.2) is 36.5 Å². The highest BCUT2D eigenvalue weighted by molar-refractivity contribution is 6.29. The fraction of sp³-hybridized carbons (Fsp3) is 0.333. The zero-order chi connectivity index (χ0) is 19.2. The molecule has 1 aromatic carbocycles. The van der Waals surface area contributed by atoms with Crippen molar-refractivity contribution in [1.29, 1.82) is 0 Å². The van der Waals surface area contributed by atoms with E-state index in [0.717, 1.165) is 36.5 Å². The van der Waals surface area contributed by atoms with Gasteiger partial charge in [-0.15, -0.1) is 0 Å². The molecule has 0 fully saturated rings. The average molecular weight is 396 g/mol. The average Bonchev–Trinajstić information content (AvgIpc) is 3.02. The Morgan fingerprint density at radius 1 is 1.22 bits per heavy atom. The van der Waals surface area contributed by atoms with Crippen molar-refractivity contribution in [1.82, 2.24) is 19.9 Å². The highest BCUT2D eigenvalue weighted by Crippen LogP contribution is 2.36. The summed E-state index contributed by atoms with van der Waals surface area (Å²) < 4.78 is 41.1. The number of nitrogens with one attached hydrogen (secondary N) is 1. The molecule has 0 aliphatic carbocycles. The molecule has 0 saturated heterocycles. The molecule has 4 rings (SSSR count). The van der Waals surface area contributed by atoms with Crippen LogP contribution in [0.25, 0.3) is 5.65 Å². The van der Waals surface area contributed by atoms with Crippen LogP contribution in [-0.2, 0) is 6.42 Å². The van der Waals surface area contributed by atoms with Crippen LogP contribution in [0.1, 0.15) is 23.7 Å². The highest BCUT2D eigenvalue weighted by atomic mass is 35.5. The Balaban J connectivity index is 1.70. The van der Waals surface area contributed by atoms with Crippen molar-refractivity contribution in [3.8, 4) is 0 Å². The number of fused-ring (bicyclic) bond motifs is 3. The van der Waals surface area contributed by atoms with Crippen LogP contribution in [0.2, 0.25) is 5.15 Å². The summed E-state index contributed by atoms with van der Waals surface area (Å²) in [6.45, 7) is 0.753. The fourth-order valence-electron chi connectivity index (χ4n) is 3.56. The third-order valence-corrected chi connectivity index (χ3v) is 4.96. The van der Waals surface area contributed by atoms with E-state index < -0.39 is 12.2 Å². The summed E-state index contributed by atoms with van der Waals surface area (Å²) >= 11 is 5.99. The lowest BCUT2D eigenvalue weighted by atomic mass is 10.0. The van der Waals surface area contributed by atoms with Gasteiger partial charge in [0.15, 0.2) is 10.8 Å². The lowest BCUT2D eigenvalue weighted by Crippen LogP contribution is -2.31. The Bertz CT molecular complexity index is 968. The number of rotatable bonds is 3. The van der Waals surface area contributed by atoms with Crippen molar-refractivity contribution < 1.29 is 13.2 Å². The molecule has 0 amide bonds. The first-order valence-corrected chi connectivity index (χ1v) is 8.91. The van der Waals surface area contributed by atoms with Crippen molar-refractivity contribution >= 4 is 28.6 Å². The Kier molecular flexibility index (Phi) is 4.47. The minimum Gasteiger partial charge on any atom is -0.339 e. The van der Waals surface area contributed by atoms with Crippen LogP contribution in [0.5, 0.6) is 0 Å². The molecule has 0 bridgehead atoms. The normalized spacial score (nSPS) is 15.8. The van der Waals surface area contributed by atoms with E-state index in [-0.39, 0.29) is 5.56 Å². The third-order valence-electron chi connectivity index (χ3n) is 4.77. The first-order chi connectivity index (χ1) is 12.9. The summed E-state index contributed by atoms with van der Waals surface area (Å²) in [4.78, 5) is 6.45. The molecular weight excluding hydrogens is 379 g/mol. The quantitative estimate of drug-likeness (QED) is 0.718. The van der Waals surface area contributed by atoms with Crippen LogP contribution >= 0.6 is 11.6 Å². The van der Waals surface area contributed by atoms with E-state index in [4.69, 9.17) is 11.6 Å². The predicted octanol–water partition coefficient (Wildman–Crippen LogP) is 4.29. The molecule has 0 saturated carbocycles. The minimum atomic E-state index is -4.34. The number of aryl methyl sites for hydroxylation is 1. The van der Waals surface area contributed by atoms with Gasteiger partial charge in [0.25, 0.3) is 0 Å². The van der Waals surface area contributed by atoms with Gasteiger partial charge < -0.3 is 10.2 Å². The smallest absolute Gasteiger partial charge is 0.339 e. The van der Waals surface area contributed by atoms with Crippen molar-refractivity contribution in [2.75, 3.05) is 18.5 Å². The maximum atomic E-state index is 13.1. The van der Waals surface area contributed by atoms with Crippen LogP contribution < -0.4 is 10.2 Å².